The number of carbonyl (C=O) groups excluding carboxylic acids is 1. The molecule has 0 aliphatic rings. The van der Waals surface area contributed by atoms with Crippen molar-refractivity contribution in [2.45, 2.75) is 13.5 Å². The molecule has 0 fully saturated rings. The van der Waals surface area contributed by atoms with Crippen LogP contribution in [0.15, 0.2) is 58.4 Å². The summed E-state index contributed by atoms with van der Waals surface area (Å²) < 4.78 is 30.6. The van der Waals surface area contributed by atoms with Gasteiger partial charge in [0.2, 0.25) is 0 Å². The van der Waals surface area contributed by atoms with Crippen LogP contribution in [-0.4, -0.2) is 28.0 Å². The Labute approximate surface area is 158 Å². The third-order valence-corrected chi connectivity index (χ3v) is 3.99. The Morgan fingerprint density at radius 1 is 1.14 bits per heavy atom. The van der Waals surface area contributed by atoms with Gasteiger partial charge in [-0.05, 0) is 25.1 Å². The molecule has 0 bridgehead atoms. The molecule has 1 amide bonds. The second kappa shape index (κ2) is 7.95. The highest BCUT2D eigenvalue weighted by atomic mass is 19.3. The summed E-state index contributed by atoms with van der Waals surface area (Å²) in [6, 6.07) is 12.7. The predicted octanol–water partition coefficient (Wildman–Crippen LogP) is 2.69. The summed E-state index contributed by atoms with van der Waals surface area (Å²) in [5.74, 6) is -0.697. The van der Waals surface area contributed by atoms with Crippen molar-refractivity contribution in [1.29, 1.82) is 0 Å². The highest BCUT2D eigenvalue weighted by Gasteiger charge is 2.16. The van der Waals surface area contributed by atoms with Crippen LogP contribution in [0, 0.1) is 0 Å². The van der Waals surface area contributed by atoms with Gasteiger partial charge in [-0.15, -0.1) is 0 Å². The van der Waals surface area contributed by atoms with Crippen LogP contribution in [0.3, 0.4) is 0 Å². The molecule has 3 aromatic rings. The molecule has 1 heterocycles. The number of nitrogens with one attached hydrogen (secondary N) is 1. The van der Waals surface area contributed by atoms with Gasteiger partial charge in [0, 0.05) is 18.0 Å². The van der Waals surface area contributed by atoms with Gasteiger partial charge in [-0.3, -0.25) is 9.59 Å². The Balaban J connectivity index is 1.92. The Kier molecular flexibility index (Phi) is 5.44. The number of rotatable bonds is 5. The Morgan fingerprint density at radius 3 is 2.50 bits per heavy atom. The van der Waals surface area contributed by atoms with E-state index in [0.29, 0.717) is 16.3 Å². The van der Waals surface area contributed by atoms with E-state index in [-0.39, 0.29) is 22.7 Å². The van der Waals surface area contributed by atoms with Gasteiger partial charge in [-0.1, -0.05) is 30.3 Å². The van der Waals surface area contributed by atoms with Gasteiger partial charge in [0.05, 0.1) is 11.1 Å². The molecule has 0 saturated carbocycles. The van der Waals surface area contributed by atoms with Crippen LogP contribution in [0.4, 0.5) is 8.78 Å². The zero-order valence-corrected chi connectivity index (χ0v) is 15.0. The average Bonchev–Trinajstić information content (AvgIpc) is 2.68. The molecule has 0 saturated heterocycles. The summed E-state index contributed by atoms with van der Waals surface area (Å²) in [5, 5.41) is 8.70. The molecular weight excluding hydrogens is 370 g/mol. The van der Waals surface area contributed by atoms with Crippen LogP contribution in [0.25, 0.3) is 10.8 Å². The molecule has 0 aliphatic carbocycles. The molecule has 0 atom stereocenters. The fourth-order valence-corrected chi connectivity index (χ4v) is 2.68. The first kappa shape index (κ1) is 19.2. The maximum absolute atomic E-state index is 12.6. The second-order valence-corrected chi connectivity index (χ2v) is 5.84. The maximum Gasteiger partial charge on any atom is 0.387 e. The van der Waals surface area contributed by atoms with E-state index >= 15 is 0 Å². The summed E-state index contributed by atoms with van der Waals surface area (Å²) in [7, 11) is 1.44. The number of fused-ring (bicyclic) bond motifs is 1. The van der Waals surface area contributed by atoms with Crippen LogP contribution in [0.1, 0.15) is 23.0 Å². The minimum Gasteiger partial charge on any atom is -0.434 e. The number of ether oxygens (including phenoxy) is 1. The molecule has 144 valence electrons. The number of amides is 1. The van der Waals surface area contributed by atoms with Crippen molar-refractivity contribution in [2.75, 3.05) is 0 Å². The van der Waals surface area contributed by atoms with Gasteiger partial charge in [-0.2, -0.15) is 19.0 Å². The maximum atomic E-state index is 12.6. The van der Waals surface area contributed by atoms with Crippen LogP contribution < -0.4 is 15.7 Å². The number of aromatic nitrogens is 2. The average molecular weight is 386 g/mol. The molecule has 0 unspecified atom stereocenters. The molecule has 3 rings (SSSR count). The third kappa shape index (κ3) is 3.88. The zero-order valence-electron chi connectivity index (χ0n) is 15.0. The normalized spacial score (nSPS) is 11.7. The summed E-state index contributed by atoms with van der Waals surface area (Å²) in [6.07, 6.45) is 0. The summed E-state index contributed by atoms with van der Waals surface area (Å²) in [4.78, 5) is 24.7. The van der Waals surface area contributed by atoms with Gasteiger partial charge < -0.3 is 4.74 Å². The molecule has 0 radical (unpaired) electrons. The third-order valence-electron chi connectivity index (χ3n) is 3.99. The van der Waals surface area contributed by atoms with Crippen LogP contribution in [0.5, 0.6) is 5.75 Å². The minimum atomic E-state index is -2.98. The van der Waals surface area contributed by atoms with Crippen molar-refractivity contribution < 1.29 is 18.3 Å². The molecule has 7 nitrogen and oxygen atoms in total. The van der Waals surface area contributed by atoms with Crippen molar-refractivity contribution in [1.82, 2.24) is 15.2 Å². The number of hydrogen-bond donors (Lipinski definition) is 1. The number of nitrogens with zero attached hydrogens (tertiary/aromatic N) is 3. The minimum absolute atomic E-state index is 0.0198. The highest BCUT2D eigenvalue weighted by Crippen LogP contribution is 2.21. The number of halogens is 2. The zero-order chi connectivity index (χ0) is 20.3. The van der Waals surface area contributed by atoms with E-state index in [9.17, 15) is 18.4 Å². The van der Waals surface area contributed by atoms with Gasteiger partial charge in [0.15, 0.2) is 5.69 Å². The number of alkyl halides is 2. The van der Waals surface area contributed by atoms with Crippen molar-refractivity contribution in [3.8, 4) is 5.75 Å². The van der Waals surface area contributed by atoms with Crippen molar-refractivity contribution in [3.05, 3.63) is 70.1 Å². The summed E-state index contributed by atoms with van der Waals surface area (Å²) in [6.45, 7) is -1.44. The largest absolute Gasteiger partial charge is 0.434 e. The standard InChI is InChI=1S/C19H16F2N4O3/c1-11(12-7-5-6-10-15(12)28-19(20)21)22-23-17(26)16-13-8-3-4-9-14(13)18(27)25(2)24-16/h3-10,19H,1-2H3,(H,23,26)/b22-11-. The number of aryl methyl sites for hydroxylation is 1. The molecule has 0 aliphatic heterocycles. The molecule has 1 aromatic heterocycles. The smallest absolute Gasteiger partial charge is 0.387 e. The molecule has 1 N–H and O–H groups in total. The molecule has 28 heavy (non-hydrogen) atoms. The van der Waals surface area contributed by atoms with Gasteiger partial charge >= 0.3 is 6.61 Å². The monoisotopic (exact) mass is 386 g/mol. The van der Waals surface area contributed by atoms with E-state index in [2.05, 4.69) is 20.4 Å². The Hall–Kier alpha value is -3.62. The van der Waals surface area contributed by atoms with E-state index in [4.69, 9.17) is 0 Å². The van der Waals surface area contributed by atoms with Crippen molar-refractivity contribution in [2.24, 2.45) is 12.1 Å². The van der Waals surface area contributed by atoms with E-state index in [0.717, 1.165) is 4.68 Å². The molecule has 2 aromatic carbocycles. The van der Waals surface area contributed by atoms with E-state index in [1.54, 1.807) is 49.4 Å². The SMILES string of the molecule is C/C(=N/NC(=O)c1nn(C)c(=O)c2ccccc12)c1ccccc1OC(F)F. The Morgan fingerprint density at radius 2 is 1.79 bits per heavy atom. The lowest BCUT2D eigenvalue weighted by molar-refractivity contribution is -0.0499. The fourth-order valence-electron chi connectivity index (χ4n) is 2.68. The molecule has 9 heteroatoms. The van der Waals surface area contributed by atoms with Gasteiger partial charge in [0.25, 0.3) is 11.5 Å². The first-order valence-corrected chi connectivity index (χ1v) is 8.23. The summed E-state index contributed by atoms with van der Waals surface area (Å²) >= 11 is 0. The number of hydrazone groups is 1. The Bertz CT molecular complexity index is 1130. The molecular formula is C19H16F2N4O3. The number of hydrogen-bond acceptors (Lipinski definition) is 5. The van der Waals surface area contributed by atoms with Gasteiger partial charge in [-0.25, -0.2) is 10.1 Å². The van der Waals surface area contributed by atoms with E-state index in [1.165, 1.54) is 13.1 Å². The predicted molar refractivity (Wildman–Crippen MR) is 99.7 cm³/mol. The van der Waals surface area contributed by atoms with Crippen LogP contribution >= 0.6 is 0 Å². The first-order chi connectivity index (χ1) is 13.4. The summed E-state index contributed by atoms with van der Waals surface area (Å²) in [5.41, 5.74) is 2.61. The quantitative estimate of drug-likeness (QED) is 0.540. The second-order valence-electron chi connectivity index (χ2n) is 5.84. The van der Waals surface area contributed by atoms with Crippen LogP contribution in [0.2, 0.25) is 0 Å². The van der Waals surface area contributed by atoms with Crippen molar-refractivity contribution >= 4 is 22.4 Å². The first-order valence-electron chi connectivity index (χ1n) is 8.23. The lowest BCUT2D eigenvalue weighted by atomic mass is 10.1. The lowest BCUT2D eigenvalue weighted by Gasteiger charge is -2.10. The topological polar surface area (TPSA) is 85.6 Å². The highest BCUT2D eigenvalue weighted by molar-refractivity contribution is 6.06. The van der Waals surface area contributed by atoms with Gasteiger partial charge in [0.1, 0.15) is 5.75 Å². The number of para-hydroxylation sites is 1. The van der Waals surface area contributed by atoms with Crippen LogP contribution in [-0.2, 0) is 7.05 Å². The lowest BCUT2D eigenvalue weighted by Crippen LogP contribution is -2.27. The molecule has 0 spiro atoms. The number of carbonyl (C=O) groups is 1. The fraction of sp³-hybridized carbons (Fsp3) is 0.158. The number of benzene rings is 2. The van der Waals surface area contributed by atoms with E-state index < -0.39 is 12.5 Å². The van der Waals surface area contributed by atoms with E-state index in [1.807, 2.05) is 0 Å². The van der Waals surface area contributed by atoms with Crippen molar-refractivity contribution in [3.63, 3.8) is 0 Å².